The van der Waals surface area contributed by atoms with Crippen molar-refractivity contribution in [1.29, 1.82) is 0 Å². The van der Waals surface area contributed by atoms with Crippen LogP contribution in [0.1, 0.15) is 38.5 Å². The SMILES string of the molecule is C=CC(=O)CCCNC1CCC2C=CCC2C1. The molecular weight excluding hydrogens is 210 g/mol. The van der Waals surface area contributed by atoms with E-state index in [0.29, 0.717) is 12.5 Å². The monoisotopic (exact) mass is 233 g/mol. The first kappa shape index (κ1) is 12.6. The lowest BCUT2D eigenvalue weighted by Crippen LogP contribution is -2.36. The Morgan fingerprint density at radius 2 is 2.35 bits per heavy atom. The van der Waals surface area contributed by atoms with Crippen LogP contribution >= 0.6 is 0 Å². The van der Waals surface area contributed by atoms with E-state index in [9.17, 15) is 4.79 Å². The molecule has 0 aromatic rings. The largest absolute Gasteiger partial charge is 0.314 e. The van der Waals surface area contributed by atoms with Gasteiger partial charge in [0.1, 0.15) is 0 Å². The fourth-order valence-corrected chi connectivity index (χ4v) is 3.10. The van der Waals surface area contributed by atoms with E-state index < -0.39 is 0 Å². The second-order valence-electron chi connectivity index (χ2n) is 5.33. The van der Waals surface area contributed by atoms with Gasteiger partial charge >= 0.3 is 0 Å². The van der Waals surface area contributed by atoms with Crippen molar-refractivity contribution in [3.8, 4) is 0 Å². The molecule has 17 heavy (non-hydrogen) atoms. The fourth-order valence-electron chi connectivity index (χ4n) is 3.10. The Hall–Kier alpha value is -0.890. The van der Waals surface area contributed by atoms with Gasteiger partial charge in [-0.1, -0.05) is 18.7 Å². The third-order valence-electron chi connectivity index (χ3n) is 4.12. The molecule has 2 rings (SSSR count). The first-order valence-corrected chi connectivity index (χ1v) is 6.85. The zero-order valence-electron chi connectivity index (χ0n) is 10.5. The van der Waals surface area contributed by atoms with Gasteiger partial charge in [0.15, 0.2) is 5.78 Å². The van der Waals surface area contributed by atoms with Gasteiger partial charge in [-0.05, 0) is 56.6 Å². The third-order valence-corrected chi connectivity index (χ3v) is 4.12. The number of hydrogen-bond donors (Lipinski definition) is 1. The minimum Gasteiger partial charge on any atom is -0.314 e. The molecule has 2 aliphatic carbocycles. The molecule has 1 N–H and O–H groups in total. The van der Waals surface area contributed by atoms with Crippen LogP contribution in [0.3, 0.4) is 0 Å². The van der Waals surface area contributed by atoms with Gasteiger partial charge in [-0.3, -0.25) is 4.79 Å². The minimum absolute atomic E-state index is 0.163. The minimum atomic E-state index is 0.163. The first-order chi connectivity index (χ1) is 8.29. The Kier molecular flexibility index (Phi) is 4.55. The van der Waals surface area contributed by atoms with Gasteiger partial charge in [-0.2, -0.15) is 0 Å². The summed E-state index contributed by atoms with van der Waals surface area (Å²) in [5, 5.41) is 3.60. The van der Waals surface area contributed by atoms with E-state index in [0.717, 1.165) is 24.8 Å². The van der Waals surface area contributed by atoms with Crippen LogP contribution < -0.4 is 5.32 Å². The molecule has 0 aliphatic heterocycles. The molecule has 0 heterocycles. The van der Waals surface area contributed by atoms with Crippen molar-refractivity contribution < 1.29 is 4.79 Å². The molecule has 0 spiro atoms. The Morgan fingerprint density at radius 1 is 1.47 bits per heavy atom. The fraction of sp³-hybridized carbons (Fsp3) is 0.667. The lowest BCUT2D eigenvalue weighted by atomic mass is 9.79. The van der Waals surface area contributed by atoms with Crippen LogP contribution in [0.2, 0.25) is 0 Å². The molecule has 0 aromatic carbocycles. The highest BCUT2D eigenvalue weighted by molar-refractivity contribution is 5.88. The van der Waals surface area contributed by atoms with E-state index >= 15 is 0 Å². The van der Waals surface area contributed by atoms with Crippen molar-refractivity contribution in [1.82, 2.24) is 5.32 Å². The third kappa shape index (κ3) is 3.53. The van der Waals surface area contributed by atoms with E-state index in [1.807, 2.05) is 0 Å². The van der Waals surface area contributed by atoms with Gasteiger partial charge in [0.25, 0.3) is 0 Å². The summed E-state index contributed by atoms with van der Waals surface area (Å²) in [5.74, 6) is 1.90. The van der Waals surface area contributed by atoms with Crippen LogP contribution in [-0.4, -0.2) is 18.4 Å². The Labute approximate surface area is 104 Å². The molecule has 3 unspecified atom stereocenters. The van der Waals surface area contributed by atoms with Gasteiger partial charge in [-0.25, -0.2) is 0 Å². The lowest BCUT2D eigenvalue weighted by molar-refractivity contribution is -0.114. The highest BCUT2D eigenvalue weighted by atomic mass is 16.1. The zero-order valence-corrected chi connectivity index (χ0v) is 10.5. The Morgan fingerprint density at radius 3 is 3.18 bits per heavy atom. The molecule has 0 aromatic heterocycles. The predicted molar refractivity (Wildman–Crippen MR) is 70.8 cm³/mol. The predicted octanol–water partition coefficient (Wildman–Crippen LogP) is 2.86. The molecule has 1 fully saturated rings. The van der Waals surface area contributed by atoms with Gasteiger partial charge < -0.3 is 5.32 Å². The maximum absolute atomic E-state index is 11.1. The highest BCUT2D eigenvalue weighted by Crippen LogP contribution is 2.37. The summed E-state index contributed by atoms with van der Waals surface area (Å²) in [6, 6.07) is 0.676. The first-order valence-electron chi connectivity index (χ1n) is 6.85. The van der Waals surface area contributed by atoms with Gasteiger partial charge in [0.05, 0.1) is 0 Å². The zero-order chi connectivity index (χ0) is 12.1. The number of rotatable bonds is 6. The smallest absolute Gasteiger partial charge is 0.155 e. The van der Waals surface area contributed by atoms with Crippen LogP contribution in [-0.2, 0) is 4.79 Å². The number of carbonyl (C=O) groups excluding carboxylic acids is 1. The van der Waals surface area contributed by atoms with E-state index in [4.69, 9.17) is 0 Å². The molecule has 0 amide bonds. The summed E-state index contributed by atoms with van der Waals surface area (Å²) < 4.78 is 0. The number of hydrogen-bond acceptors (Lipinski definition) is 2. The molecule has 3 atom stereocenters. The number of carbonyl (C=O) groups is 1. The normalized spacial score (nSPS) is 31.2. The second kappa shape index (κ2) is 6.15. The molecule has 0 radical (unpaired) electrons. The van der Waals surface area contributed by atoms with Crippen LogP contribution in [0.4, 0.5) is 0 Å². The molecule has 0 saturated heterocycles. The summed E-state index contributed by atoms with van der Waals surface area (Å²) in [5.41, 5.74) is 0. The second-order valence-corrected chi connectivity index (χ2v) is 5.33. The van der Waals surface area contributed by atoms with Crippen molar-refractivity contribution in [3.05, 3.63) is 24.8 Å². The van der Waals surface area contributed by atoms with Crippen LogP contribution in [0.25, 0.3) is 0 Å². The average Bonchev–Trinajstić information content (AvgIpc) is 2.81. The number of fused-ring (bicyclic) bond motifs is 1. The molecule has 0 bridgehead atoms. The summed E-state index contributed by atoms with van der Waals surface area (Å²) in [7, 11) is 0. The molecule has 2 aliphatic rings. The van der Waals surface area contributed by atoms with Gasteiger partial charge in [-0.15, -0.1) is 0 Å². The molecule has 1 saturated carbocycles. The van der Waals surface area contributed by atoms with Crippen molar-refractivity contribution in [2.45, 2.75) is 44.6 Å². The number of nitrogens with one attached hydrogen (secondary N) is 1. The lowest BCUT2D eigenvalue weighted by Gasteiger charge is -2.32. The van der Waals surface area contributed by atoms with Crippen molar-refractivity contribution in [2.24, 2.45) is 11.8 Å². The summed E-state index contributed by atoms with van der Waals surface area (Å²) in [6.45, 7) is 4.46. The maximum Gasteiger partial charge on any atom is 0.155 e. The van der Waals surface area contributed by atoms with E-state index in [1.54, 1.807) is 0 Å². The van der Waals surface area contributed by atoms with Crippen molar-refractivity contribution >= 4 is 5.78 Å². The van der Waals surface area contributed by atoms with Crippen molar-refractivity contribution in [3.63, 3.8) is 0 Å². The Balaban J connectivity index is 1.61. The van der Waals surface area contributed by atoms with Crippen LogP contribution in [0.15, 0.2) is 24.8 Å². The Bertz CT molecular complexity index is 308. The molecule has 2 nitrogen and oxygen atoms in total. The number of ketones is 1. The standard InChI is InChI=1S/C15H23NO/c1-2-15(17)7-4-10-16-14-9-8-12-5-3-6-13(12)11-14/h2-3,5,12-14,16H,1,4,6-11H2. The van der Waals surface area contributed by atoms with E-state index in [-0.39, 0.29) is 5.78 Å². The summed E-state index contributed by atoms with van der Waals surface area (Å²) >= 11 is 0. The summed E-state index contributed by atoms with van der Waals surface area (Å²) in [4.78, 5) is 11.1. The average molecular weight is 233 g/mol. The highest BCUT2D eigenvalue weighted by Gasteiger charge is 2.30. The molecule has 94 valence electrons. The van der Waals surface area contributed by atoms with Crippen LogP contribution in [0.5, 0.6) is 0 Å². The number of allylic oxidation sites excluding steroid dienone is 3. The summed E-state index contributed by atoms with van der Waals surface area (Å²) in [6.07, 6.45) is 13.0. The van der Waals surface area contributed by atoms with Crippen molar-refractivity contribution in [2.75, 3.05) is 6.54 Å². The van der Waals surface area contributed by atoms with Gasteiger partial charge in [0, 0.05) is 12.5 Å². The quantitative estimate of drug-likeness (QED) is 0.434. The van der Waals surface area contributed by atoms with Gasteiger partial charge in [0.2, 0.25) is 0 Å². The van der Waals surface area contributed by atoms with Crippen LogP contribution in [0, 0.1) is 11.8 Å². The molecular formula is C15H23NO. The molecule has 2 heteroatoms. The topological polar surface area (TPSA) is 29.1 Å². The van der Waals surface area contributed by atoms with E-state index in [1.165, 1.54) is 31.8 Å². The van der Waals surface area contributed by atoms with E-state index in [2.05, 4.69) is 24.0 Å². The maximum atomic E-state index is 11.1.